The maximum atomic E-state index is 9.66. The van der Waals surface area contributed by atoms with Crippen LogP contribution in [0.5, 0.6) is 5.75 Å². The van der Waals surface area contributed by atoms with Gasteiger partial charge in [-0.15, -0.1) is 0 Å². The molecule has 0 aliphatic carbocycles. The number of phenolic OH excluding ortho intramolecular Hbond substituents is 1. The lowest BCUT2D eigenvalue weighted by atomic mass is 10.1. The van der Waals surface area contributed by atoms with Crippen molar-refractivity contribution in [1.82, 2.24) is 14.4 Å². The number of para-hydroxylation sites is 2. The predicted molar refractivity (Wildman–Crippen MR) is 87.1 cm³/mol. The van der Waals surface area contributed by atoms with E-state index in [1.165, 1.54) is 0 Å². The number of hydrogen-bond acceptors (Lipinski definition) is 4. The molecular formula is C17H14N4O. The van der Waals surface area contributed by atoms with E-state index < -0.39 is 0 Å². The number of hydrogen-bond donors (Lipinski definition) is 2. The van der Waals surface area contributed by atoms with Crippen molar-refractivity contribution >= 4 is 22.5 Å². The van der Waals surface area contributed by atoms with E-state index in [0.717, 1.165) is 33.8 Å². The number of aromatic hydroxyl groups is 1. The van der Waals surface area contributed by atoms with Crippen LogP contribution < -0.4 is 5.32 Å². The van der Waals surface area contributed by atoms with Crippen molar-refractivity contribution in [3.63, 3.8) is 0 Å². The van der Waals surface area contributed by atoms with Crippen LogP contribution in [0.25, 0.3) is 27.9 Å². The number of nitrogens with one attached hydrogen (secondary N) is 1. The predicted octanol–water partition coefficient (Wildman–Crippen LogP) is 3.30. The van der Waals surface area contributed by atoms with Gasteiger partial charge in [0.2, 0.25) is 0 Å². The molecule has 2 aromatic heterocycles. The number of phenols is 1. The molecule has 0 bridgehead atoms. The second-order valence-corrected chi connectivity index (χ2v) is 5.07. The summed E-state index contributed by atoms with van der Waals surface area (Å²) < 4.78 is 2.02. The van der Waals surface area contributed by atoms with Crippen molar-refractivity contribution in [1.29, 1.82) is 0 Å². The second-order valence-electron chi connectivity index (χ2n) is 5.07. The van der Waals surface area contributed by atoms with Crippen molar-refractivity contribution in [2.75, 3.05) is 12.4 Å². The first-order chi connectivity index (χ1) is 10.8. The van der Waals surface area contributed by atoms with Crippen molar-refractivity contribution < 1.29 is 5.11 Å². The molecule has 0 aliphatic rings. The minimum absolute atomic E-state index is 0.228. The Hall–Kier alpha value is -3.08. The summed E-state index contributed by atoms with van der Waals surface area (Å²) in [4.78, 5) is 9.27. The number of benzene rings is 2. The van der Waals surface area contributed by atoms with Crippen LogP contribution in [-0.2, 0) is 0 Å². The lowest BCUT2D eigenvalue weighted by Crippen LogP contribution is -1.98. The fourth-order valence-corrected chi connectivity index (χ4v) is 2.64. The Morgan fingerprint density at radius 3 is 2.73 bits per heavy atom. The Morgan fingerprint density at radius 1 is 1.05 bits per heavy atom. The van der Waals surface area contributed by atoms with Gasteiger partial charge in [-0.3, -0.25) is 4.40 Å². The third-order valence-corrected chi connectivity index (χ3v) is 3.67. The highest BCUT2D eigenvalue weighted by molar-refractivity contribution is 5.84. The quantitative estimate of drug-likeness (QED) is 0.594. The van der Waals surface area contributed by atoms with Gasteiger partial charge in [0.15, 0.2) is 11.5 Å². The molecule has 0 atom stereocenters. The lowest BCUT2D eigenvalue weighted by Gasteiger charge is -2.05. The Kier molecular flexibility index (Phi) is 2.72. The molecule has 0 fully saturated rings. The summed E-state index contributed by atoms with van der Waals surface area (Å²) in [5, 5.41) is 12.8. The van der Waals surface area contributed by atoms with Crippen LogP contribution in [0.1, 0.15) is 0 Å². The number of fused-ring (bicyclic) bond motifs is 3. The van der Waals surface area contributed by atoms with Gasteiger partial charge in [-0.1, -0.05) is 24.3 Å². The van der Waals surface area contributed by atoms with Crippen molar-refractivity contribution in [2.24, 2.45) is 0 Å². The second kappa shape index (κ2) is 4.73. The van der Waals surface area contributed by atoms with Crippen LogP contribution in [0, 0.1) is 0 Å². The number of anilines is 1. The summed E-state index contributed by atoms with van der Waals surface area (Å²) in [6, 6.07) is 15.0. The average molecular weight is 290 g/mol. The largest absolute Gasteiger partial charge is 0.508 e. The van der Waals surface area contributed by atoms with Gasteiger partial charge in [0.05, 0.1) is 16.7 Å². The van der Waals surface area contributed by atoms with Gasteiger partial charge in [-0.2, -0.15) is 0 Å². The van der Waals surface area contributed by atoms with Gasteiger partial charge >= 0.3 is 0 Å². The molecule has 22 heavy (non-hydrogen) atoms. The first-order valence-electron chi connectivity index (χ1n) is 7.01. The zero-order valence-electron chi connectivity index (χ0n) is 12.0. The van der Waals surface area contributed by atoms with Gasteiger partial charge in [-0.25, -0.2) is 9.97 Å². The number of imidazole rings is 1. The van der Waals surface area contributed by atoms with Crippen LogP contribution >= 0.6 is 0 Å². The topological polar surface area (TPSA) is 62.5 Å². The lowest BCUT2D eigenvalue weighted by molar-refractivity contribution is 0.475. The van der Waals surface area contributed by atoms with E-state index in [9.17, 15) is 5.11 Å². The minimum atomic E-state index is 0.228. The first kappa shape index (κ1) is 12.6. The highest BCUT2D eigenvalue weighted by Gasteiger charge is 2.12. The van der Waals surface area contributed by atoms with Crippen LogP contribution in [0.3, 0.4) is 0 Å². The van der Waals surface area contributed by atoms with Gasteiger partial charge in [0.25, 0.3) is 0 Å². The van der Waals surface area contributed by atoms with Crippen molar-refractivity contribution in [3.05, 3.63) is 54.7 Å². The zero-order valence-corrected chi connectivity index (χ0v) is 12.0. The third-order valence-electron chi connectivity index (χ3n) is 3.67. The Balaban J connectivity index is 2.06. The van der Waals surface area contributed by atoms with Crippen molar-refractivity contribution in [2.45, 2.75) is 0 Å². The number of nitrogens with zero attached hydrogens (tertiary/aromatic N) is 3. The summed E-state index contributed by atoms with van der Waals surface area (Å²) in [5.74, 6) is 0.955. The maximum Gasteiger partial charge on any atom is 0.181 e. The molecule has 2 aromatic carbocycles. The van der Waals surface area contributed by atoms with Gasteiger partial charge in [0.1, 0.15) is 5.75 Å². The molecule has 4 rings (SSSR count). The van der Waals surface area contributed by atoms with Gasteiger partial charge < -0.3 is 10.4 Å². The molecule has 5 heteroatoms. The molecule has 2 heterocycles. The molecule has 0 aliphatic heterocycles. The molecule has 0 saturated heterocycles. The SMILES string of the molecule is CNc1nc2ccccc2n2cc(-c3cccc(O)c3)nc12. The summed E-state index contributed by atoms with van der Waals surface area (Å²) >= 11 is 0. The monoisotopic (exact) mass is 290 g/mol. The van der Waals surface area contributed by atoms with E-state index in [2.05, 4.69) is 15.3 Å². The molecule has 0 saturated carbocycles. The smallest absolute Gasteiger partial charge is 0.181 e. The molecule has 2 N–H and O–H groups in total. The zero-order chi connectivity index (χ0) is 15.1. The number of aromatic nitrogens is 3. The normalized spacial score (nSPS) is 11.1. The fourth-order valence-electron chi connectivity index (χ4n) is 2.64. The Bertz CT molecular complexity index is 990. The maximum absolute atomic E-state index is 9.66. The molecular weight excluding hydrogens is 276 g/mol. The molecule has 4 aromatic rings. The minimum Gasteiger partial charge on any atom is -0.508 e. The van der Waals surface area contributed by atoms with Crippen LogP contribution in [0.2, 0.25) is 0 Å². The Morgan fingerprint density at radius 2 is 1.91 bits per heavy atom. The highest BCUT2D eigenvalue weighted by atomic mass is 16.3. The van der Waals surface area contributed by atoms with E-state index >= 15 is 0 Å². The average Bonchev–Trinajstić information content (AvgIpc) is 2.99. The van der Waals surface area contributed by atoms with E-state index in [0.29, 0.717) is 0 Å². The van der Waals surface area contributed by atoms with Crippen LogP contribution in [0.4, 0.5) is 5.82 Å². The van der Waals surface area contributed by atoms with E-state index in [4.69, 9.17) is 0 Å². The molecule has 0 radical (unpaired) electrons. The van der Waals surface area contributed by atoms with Gasteiger partial charge in [-0.05, 0) is 24.3 Å². The van der Waals surface area contributed by atoms with E-state index in [1.54, 1.807) is 12.1 Å². The standard InChI is InChI=1S/C17H14N4O/c1-18-16-17-20-14(11-5-4-6-12(22)9-11)10-21(17)15-8-3-2-7-13(15)19-16/h2-10,22H,1H3,(H,18,19). The van der Waals surface area contributed by atoms with E-state index in [1.807, 2.05) is 54.0 Å². The van der Waals surface area contributed by atoms with Crippen LogP contribution in [0.15, 0.2) is 54.7 Å². The molecule has 5 nitrogen and oxygen atoms in total. The van der Waals surface area contributed by atoms with Gasteiger partial charge in [0, 0.05) is 18.8 Å². The number of rotatable bonds is 2. The first-order valence-corrected chi connectivity index (χ1v) is 7.01. The summed E-state index contributed by atoms with van der Waals surface area (Å²) in [6.07, 6.45) is 1.97. The summed E-state index contributed by atoms with van der Waals surface area (Å²) in [5.41, 5.74) is 4.33. The molecule has 0 unspecified atom stereocenters. The summed E-state index contributed by atoms with van der Waals surface area (Å²) in [6.45, 7) is 0. The Labute approximate surface area is 126 Å². The van der Waals surface area contributed by atoms with Crippen molar-refractivity contribution in [3.8, 4) is 17.0 Å². The fraction of sp³-hybridized carbons (Fsp3) is 0.0588. The molecule has 0 amide bonds. The summed E-state index contributed by atoms with van der Waals surface area (Å²) in [7, 11) is 1.83. The van der Waals surface area contributed by atoms with E-state index in [-0.39, 0.29) is 5.75 Å². The molecule has 108 valence electrons. The van der Waals surface area contributed by atoms with Crippen LogP contribution in [-0.4, -0.2) is 26.5 Å². The highest BCUT2D eigenvalue weighted by Crippen LogP contribution is 2.27. The molecule has 0 spiro atoms. The third kappa shape index (κ3) is 1.87.